The van der Waals surface area contributed by atoms with Gasteiger partial charge in [0.1, 0.15) is 24.2 Å². The summed E-state index contributed by atoms with van der Waals surface area (Å²) in [4.78, 5) is 5.73. The summed E-state index contributed by atoms with van der Waals surface area (Å²) >= 11 is 0. The minimum Gasteiger partial charge on any atom is -0.496 e. The number of hydrogen-bond acceptors (Lipinski definition) is 4. The van der Waals surface area contributed by atoms with Gasteiger partial charge in [0.25, 0.3) is 0 Å². The van der Waals surface area contributed by atoms with Crippen molar-refractivity contribution >= 4 is 21.7 Å². The van der Waals surface area contributed by atoms with Gasteiger partial charge < -0.3 is 19.6 Å². The summed E-state index contributed by atoms with van der Waals surface area (Å²) in [6, 6.07) is 21.5. The molecule has 3 aromatic carbocycles. The van der Waals surface area contributed by atoms with Crippen molar-refractivity contribution in [1.29, 1.82) is 0 Å². The highest BCUT2D eigenvalue weighted by molar-refractivity contribution is 5.89. The lowest BCUT2D eigenvalue weighted by Gasteiger charge is -2.39. The number of aliphatic hydroxyl groups is 1. The highest BCUT2D eigenvalue weighted by atomic mass is 16.5. The fourth-order valence-electron chi connectivity index (χ4n) is 5.39. The Labute approximate surface area is 201 Å². The Morgan fingerprint density at radius 2 is 1.88 bits per heavy atom. The van der Waals surface area contributed by atoms with E-state index < -0.39 is 6.10 Å². The zero-order valence-corrected chi connectivity index (χ0v) is 20.3. The van der Waals surface area contributed by atoms with Crippen LogP contribution in [0.25, 0.3) is 21.7 Å². The molecule has 2 N–H and O–H groups in total. The van der Waals surface area contributed by atoms with E-state index in [0.717, 1.165) is 47.5 Å². The Hall–Kier alpha value is -3.02. The van der Waals surface area contributed by atoms with Gasteiger partial charge in [-0.2, -0.15) is 0 Å². The second-order valence-electron chi connectivity index (χ2n) is 9.64. The molecule has 0 bridgehead atoms. The Morgan fingerprint density at radius 1 is 1.06 bits per heavy atom. The number of aliphatic hydroxyl groups excluding tert-OH is 1. The van der Waals surface area contributed by atoms with Gasteiger partial charge in [-0.1, -0.05) is 30.3 Å². The van der Waals surface area contributed by atoms with Crippen molar-refractivity contribution in [2.75, 3.05) is 26.8 Å². The first-order chi connectivity index (χ1) is 16.5. The number of benzene rings is 3. The number of aryl methyl sites for hydroxylation is 1. The molecule has 2 heterocycles. The maximum Gasteiger partial charge on any atom is 0.128 e. The van der Waals surface area contributed by atoms with Gasteiger partial charge >= 0.3 is 0 Å². The smallest absolute Gasteiger partial charge is 0.128 e. The lowest BCUT2D eigenvalue weighted by atomic mass is 9.85. The van der Waals surface area contributed by atoms with Gasteiger partial charge in [0.2, 0.25) is 0 Å². The lowest BCUT2D eigenvalue weighted by molar-refractivity contribution is 0.0406. The quantitative estimate of drug-likeness (QED) is 0.376. The van der Waals surface area contributed by atoms with Crippen LogP contribution in [0.5, 0.6) is 11.5 Å². The summed E-state index contributed by atoms with van der Waals surface area (Å²) in [5.41, 5.74) is 3.54. The number of methoxy groups -OCH3 is 1. The SMILES string of the molecule is COc1cccc2ccc([C@@H]3CCN(C[C@H](O)COc4cccc5[nH]c(C)cc45)[C@@H](C)C3)cc12. The minimum atomic E-state index is -0.528. The summed E-state index contributed by atoms with van der Waals surface area (Å²) in [5.74, 6) is 2.27. The zero-order chi connectivity index (χ0) is 23.7. The number of piperidine rings is 1. The molecule has 34 heavy (non-hydrogen) atoms. The van der Waals surface area contributed by atoms with E-state index in [4.69, 9.17) is 9.47 Å². The largest absolute Gasteiger partial charge is 0.496 e. The molecule has 1 aliphatic rings. The molecule has 1 fully saturated rings. The number of ether oxygens (including phenoxy) is 2. The van der Waals surface area contributed by atoms with Crippen molar-refractivity contribution in [3.8, 4) is 11.5 Å². The number of aromatic amines is 1. The van der Waals surface area contributed by atoms with Crippen molar-refractivity contribution in [1.82, 2.24) is 9.88 Å². The molecule has 1 aliphatic heterocycles. The third-order valence-corrected chi connectivity index (χ3v) is 7.21. The molecule has 5 rings (SSSR count). The molecule has 0 radical (unpaired) electrons. The highest BCUT2D eigenvalue weighted by Crippen LogP contribution is 2.35. The van der Waals surface area contributed by atoms with E-state index in [1.165, 1.54) is 16.3 Å². The number of aromatic nitrogens is 1. The van der Waals surface area contributed by atoms with Crippen LogP contribution in [0.3, 0.4) is 0 Å². The normalized spacial score (nSPS) is 20.0. The van der Waals surface area contributed by atoms with Crippen LogP contribution < -0.4 is 9.47 Å². The Morgan fingerprint density at radius 3 is 2.71 bits per heavy atom. The molecule has 5 heteroatoms. The topological polar surface area (TPSA) is 57.7 Å². The molecule has 0 amide bonds. The van der Waals surface area contributed by atoms with Crippen LogP contribution in [-0.2, 0) is 0 Å². The van der Waals surface area contributed by atoms with Gasteiger partial charge in [0.05, 0.1) is 7.11 Å². The number of β-amino-alcohol motifs (C(OH)–C–C–N with tert-alkyl or cyclic N) is 1. The Kier molecular flexibility index (Phi) is 6.48. The third kappa shape index (κ3) is 4.63. The van der Waals surface area contributed by atoms with Gasteiger partial charge in [-0.3, -0.25) is 4.90 Å². The van der Waals surface area contributed by atoms with Crippen molar-refractivity contribution in [2.24, 2.45) is 0 Å². The van der Waals surface area contributed by atoms with E-state index in [9.17, 15) is 5.11 Å². The monoisotopic (exact) mass is 458 g/mol. The van der Waals surface area contributed by atoms with Gasteiger partial charge in [0, 0.05) is 34.6 Å². The van der Waals surface area contributed by atoms with E-state index >= 15 is 0 Å². The van der Waals surface area contributed by atoms with Crippen molar-refractivity contribution < 1.29 is 14.6 Å². The summed E-state index contributed by atoms with van der Waals surface area (Å²) < 4.78 is 11.6. The molecule has 1 aromatic heterocycles. The number of likely N-dealkylation sites (tertiary alicyclic amines) is 1. The molecule has 4 aromatic rings. The van der Waals surface area contributed by atoms with Crippen LogP contribution in [0.2, 0.25) is 0 Å². The van der Waals surface area contributed by atoms with E-state index in [2.05, 4.69) is 47.1 Å². The average molecular weight is 459 g/mol. The molecule has 1 saturated heterocycles. The molecule has 5 nitrogen and oxygen atoms in total. The number of nitrogens with one attached hydrogen (secondary N) is 1. The number of fused-ring (bicyclic) bond motifs is 2. The predicted octanol–water partition coefficient (Wildman–Crippen LogP) is 5.65. The number of nitrogens with zero attached hydrogens (tertiary/aromatic N) is 1. The minimum absolute atomic E-state index is 0.292. The fourth-order valence-corrected chi connectivity index (χ4v) is 5.39. The molecular weight excluding hydrogens is 424 g/mol. The maximum atomic E-state index is 10.7. The zero-order valence-electron chi connectivity index (χ0n) is 20.3. The Balaban J connectivity index is 1.19. The third-order valence-electron chi connectivity index (χ3n) is 7.21. The summed E-state index contributed by atoms with van der Waals surface area (Å²) in [6.07, 6.45) is 1.63. The van der Waals surface area contributed by atoms with Crippen molar-refractivity contribution in [3.05, 3.63) is 71.9 Å². The Bertz CT molecular complexity index is 1280. The van der Waals surface area contributed by atoms with Gasteiger partial charge in [-0.15, -0.1) is 0 Å². The maximum absolute atomic E-state index is 10.7. The lowest BCUT2D eigenvalue weighted by Crippen LogP contribution is -2.45. The molecule has 0 unspecified atom stereocenters. The van der Waals surface area contributed by atoms with Gasteiger partial charge in [0.15, 0.2) is 0 Å². The molecular formula is C29H34N2O3. The molecule has 3 atom stereocenters. The fraction of sp³-hybridized carbons (Fsp3) is 0.379. The summed E-state index contributed by atoms with van der Waals surface area (Å²) in [5, 5.41) is 14.2. The first-order valence-electron chi connectivity index (χ1n) is 12.2. The standard InChI is InChI=1S/C29H34N2O3/c1-19-14-26-27(30-19)7-5-9-29(26)34-18-24(32)17-31-13-12-23(15-20(31)2)22-11-10-21-6-4-8-28(33-3)25(21)16-22/h4-11,14,16,20,23-24,30,32H,12-13,15,17-18H2,1-3H3/t20-,23+,24-/m0/s1. The summed E-state index contributed by atoms with van der Waals surface area (Å²) in [6.45, 7) is 6.20. The van der Waals surface area contributed by atoms with Crippen LogP contribution in [0.15, 0.2) is 60.7 Å². The van der Waals surface area contributed by atoms with Gasteiger partial charge in [-0.25, -0.2) is 0 Å². The molecule has 0 spiro atoms. The first kappa shape index (κ1) is 22.8. The second-order valence-corrected chi connectivity index (χ2v) is 9.64. The molecule has 178 valence electrons. The van der Waals surface area contributed by atoms with E-state index in [1.807, 2.05) is 37.3 Å². The van der Waals surface area contributed by atoms with E-state index in [0.29, 0.717) is 25.1 Å². The van der Waals surface area contributed by atoms with Crippen LogP contribution in [0.1, 0.15) is 36.9 Å². The van der Waals surface area contributed by atoms with E-state index in [-0.39, 0.29) is 0 Å². The van der Waals surface area contributed by atoms with Crippen LogP contribution in [0.4, 0.5) is 0 Å². The first-order valence-corrected chi connectivity index (χ1v) is 12.2. The average Bonchev–Trinajstić information content (AvgIpc) is 3.24. The van der Waals surface area contributed by atoms with Crippen LogP contribution in [-0.4, -0.2) is 53.9 Å². The molecule has 0 aliphatic carbocycles. The second kappa shape index (κ2) is 9.69. The van der Waals surface area contributed by atoms with E-state index in [1.54, 1.807) is 7.11 Å². The van der Waals surface area contributed by atoms with Gasteiger partial charge in [-0.05, 0) is 80.4 Å². The van der Waals surface area contributed by atoms with Crippen LogP contribution in [0, 0.1) is 6.92 Å². The van der Waals surface area contributed by atoms with Crippen molar-refractivity contribution in [3.63, 3.8) is 0 Å². The summed E-state index contributed by atoms with van der Waals surface area (Å²) in [7, 11) is 1.73. The molecule has 0 saturated carbocycles. The number of rotatable bonds is 7. The highest BCUT2D eigenvalue weighted by Gasteiger charge is 2.28. The number of hydrogen-bond donors (Lipinski definition) is 2. The van der Waals surface area contributed by atoms with Crippen molar-refractivity contribution in [2.45, 2.75) is 44.8 Å². The predicted molar refractivity (Wildman–Crippen MR) is 138 cm³/mol. The van der Waals surface area contributed by atoms with Crippen LogP contribution >= 0.6 is 0 Å². The number of H-pyrrole nitrogens is 1.